The molecule has 3 aromatic rings. The number of imidazole rings is 1. The summed E-state index contributed by atoms with van der Waals surface area (Å²) in [5.74, 6) is -0.145. The zero-order valence-corrected chi connectivity index (χ0v) is 13.1. The number of carbonyl (C=O) groups excluding carboxylic acids is 1. The number of aromatic amines is 1. The number of rotatable bonds is 4. The number of nitrogens with one attached hydrogen (secondary N) is 2. The highest BCUT2D eigenvalue weighted by Gasteiger charge is 2.10. The van der Waals surface area contributed by atoms with Crippen LogP contribution in [-0.4, -0.2) is 20.4 Å². The molecule has 6 heteroatoms. The molecule has 1 aromatic carbocycles. The molecule has 0 aliphatic rings. The summed E-state index contributed by atoms with van der Waals surface area (Å²) in [5, 5.41) is 3.84. The molecule has 2 N–H and O–H groups in total. The lowest BCUT2D eigenvalue weighted by molar-refractivity contribution is -0.116. The van der Waals surface area contributed by atoms with Crippen LogP contribution in [0.4, 0.5) is 5.69 Å². The molecule has 1 amide bonds. The number of amides is 1. The summed E-state index contributed by atoms with van der Waals surface area (Å²) < 4.78 is 1.58. The lowest BCUT2D eigenvalue weighted by atomic mass is 10.2. The molecule has 0 saturated carbocycles. The number of benzene rings is 1. The predicted octanol–water partition coefficient (Wildman–Crippen LogP) is 2.37. The first-order valence-corrected chi connectivity index (χ1v) is 7.46. The number of aryl methyl sites for hydroxylation is 1. The van der Waals surface area contributed by atoms with Crippen molar-refractivity contribution in [3.63, 3.8) is 0 Å². The fourth-order valence-corrected chi connectivity index (χ4v) is 2.57. The Hall–Kier alpha value is -2.89. The molecule has 2 aromatic heterocycles. The van der Waals surface area contributed by atoms with Crippen molar-refractivity contribution < 1.29 is 4.79 Å². The average Bonchev–Trinajstić information content (AvgIpc) is 2.78. The van der Waals surface area contributed by atoms with Crippen molar-refractivity contribution in [2.24, 2.45) is 0 Å². The second-order valence-electron chi connectivity index (χ2n) is 5.47. The van der Waals surface area contributed by atoms with E-state index in [1.807, 2.05) is 44.2 Å². The first-order valence-electron chi connectivity index (χ1n) is 7.46. The van der Waals surface area contributed by atoms with Gasteiger partial charge in [-0.2, -0.15) is 0 Å². The third-order valence-electron chi connectivity index (χ3n) is 3.96. The lowest BCUT2D eigenvalue weighted by Crippen LogP contribution is -2.22. The monoisotopic (exact) mass is 310 g/mol. The van der Waals surface area contributed by atoms with Crippen LogP contribution < -0.4 is 11.0 Å². The van der Waals surface area contributed by atoms with Gasteiger partial charge in [0.15, 0.2) is 0 Å². The van der Waals surface area contributed by atoms with Crippen LogP contribution in [0.25, 0.3) is 10.9 Å². The molecular formula is C17H18N4O2. The van der Waals surface area contributed by atoms with E-state index < -0.39 is 0 Å². The molecule has 0 aliphatic carbocycles. The van der Waals surface area contributed by atoms with Gasteiger partial charge >= 0.3 is 5.69 Å². The van der Waals surface area contributed by atoms with Crippen molar-refractivity contribution in [2.75, 3.05) is 5.32 Å². The number of anilines is 1. The molecule has 2 heterocycles. The second kappa shape index (κ2) is 6.08. The summed E-state index contributed by atoms with van der Waals surface area (Å²) in [5.41, 5.74) is 2.94. The first-order chi connectivity index (χ1) is 11.1. The molecule has 118 valence electrons. The number of pyridine rings is 1. The van der Waals surface area contributed by atoms with Crippen LogP contribution in [0, 0.1) is 13.8 Å². The molecule has 23 heavy (non-hydrogen) atoms. The Morgan fingerprint density at radius 2 is 2.04 bits per heavy atom. The minimum absolute atomic E-state index is 0.145. The fourth-order valence-electron chi connectivity index (χ4n) is 2.57. The van der Waals surface area contributed by atoms with Crippen LogP contribution >= 0.6 is 0 Å². The Labute approximate surface area is 133 Å². The normalized spacial score (nSPS) is 10.9. The molecule has 3 rings (SSSR count). The quantitative estimate of drug-likeness (QED) is 0.776. The van der Waals surface area contributed by atoms with E-state index in [0.717, 1.165) is 22.3 Å². The van der Waals surface area contributed by atoms with Gasteiger partial charge in [0.05, 0.1) is 11.2 Å². The molecule has 6 nitrogen and oxygen atoms in total. The summed E-state index contributed by atoms with van der Waals surface area (Å²) in [6.07, 6.45) is 1.92. The molecule has 0 fully saturated rings. The van der Waals surface area contributed by atoms with Crippen molar-refractivity contribution in [1.29, 1.82) is 0 Å². The molecule has 0 aliphatic heterocycles. The Morgan fingerprint density at radius 3 is 2.78 bits per heavy atom. The highest BCUT2D eigenvalue weighted by atomic mass is 16.2. The lowest BCUT2D eigenvalue weighted by Gasteiger charge is -2.08. The molecule has 0 atom stereocenters. The van der Waals surface area contributed by atoms with Gasteiger partial charge in [0.2, 0.25) is 5.91 Å². The van der Waals surface area contributed by atoms with E-state index in [1.54, 1.807) is 10.8 Å². The van der Waals surface area contributed by atoms with E-state index in [4.69, 9.17) is 0 Å². The average molecular weight is 310 g/mol. The topological polar surface area (TPSA) is 79.8 Å². The highest BCUT2D eigenvalue weighted by molar-refractivity contribution is 6.00. The Kier molecular flexibility index (Phi) is 3.97. The smallest absolute Gasteiger partial charge is 0.324 e. The van der Waals surface area contributed by atoms with Gasteiger partial charge in [-0.05, 0) is 26.0 Å². The molecule has 0 spiro atoms. The van der Waals surface area contributed by atoms with Gasteiger partial charge in [0.25, 0.3) is 0 Å². The van der Waals surface area contributed by atoms with Crippen molar-refractivity contribution in [3.05, 3.63) is 58.4 Å². The SMILES string of the molecule is Cc1[nH]c(=O)n(CCC(=O)Nc2cccc3cccnc23)c1C. The molecule has 0 radical (unpaired) electrons. The first kappa shape index (κ1) is 15.0. The van der Waals surface area contributed by atoms with Crippen molar-refractivity contribution >= 4 is 22.5 Å². The number of para-hydroxylation sites is 1. The Morgan fingerprint density at radius 1 is 1.26 bits per heavy atom. The molecule has 0 bridgehead atoms. The van der Waals surface area contributed by atoms with E-state index in [2.05, 4.69) is 15.3 Å². The Balaban J connectivity index is 1.73. The van der Waals surface area contributed by atoms with Crippen LogP contribution in [-0.2, 0) is 11.3 Å². The Bertz CT molecular complexity index is 918. The maximum absolute atomic E-state index is 12.2. The number of hydrogen-bond acceptors (Lipinski definition) is 3. The van der Waals surface area contributed by atoms with Crippen LogP contribution in [0.3, 0.4) is 0 Å². The summed E-state index contributed by atoms with van der Waals surface area (Å²) >= 11 is 0. The van der Waals surface area contributed by atoms with Gasteiger partial charge in [0.1, 0.15) is 0 Å². The number of aromatic nitrogens is 3. The van der Waals surface area contributed by atoms with Crippen molar-refractivity contribution in [2.45, 2.75) is 26.8 Å². The number of H-pyrrole nitrogens is 1. The zero-order chi connectivity index (χ0) is 16.4. The number of nitrogens with zero attached hydrogens (tertiary/aromatic N) is 2. The largest absolute Gasteiger partial charge is 0.325 e. The van der Waals surface area contributed by atoms with E-state index in [1.165, 1.54) is 0 Å². The van der Waals surface area contributed by atoms with Gasteiger partial charge in [-0.15, -0.1) is 0 Å². The summed E-state index contributed by atoms with van der Waals surface area (Å²) in [4.78, 5) is 31.0. The van der Waals surface area contributed by atoms with E-state index in [0.29, 0.717) is 12.2 Å². The standard InChI is InChI=1S/C17H18N4O2/c1-11-12(2)21(17(23)19-11)10-8-15(22)20-14-7-3-5-13-6-4-9-18-16(13)14/h3-7,9H,8,10H2,1-2H3,(H,19,23)(H,20,22). The van der Waals surface area contributed by atoms with E-state index in [-0.39, 0.29) is 18.0 Å². The number of carbonyl (C=O) groups is 1. The van der Waals surface area contributed by atoms with E-state index >= 15 is 0 Å². The molecular weight excluding hydrogens is 292 g/mol. The van der Waals surface area contributed by atoms with Crippen molar-refractivity contribution in [1.82, 2.24) is 14.5 Å². The maximum Gasteiger partial charge on any atom is 0.325 e. The fraction of sp³-hybridized carbons (Fsp3) is 0.235. The van der Waals surface area contributed by atoms with Crippen LogP contribution in [0.15, 0.2) is 41.3 Å². The van der Waals surface area contributed by atoms with Gasteiger partial charge in [0, 0.05) is 35.9 Å². The van der Waals surface area contributed by atoms with Crippen LogP contribution in [0.1, 0.15) is 17.8 Å². The summed E-state index contributed by atoms with van der Waals surface area (Å²) in [7, 11) is 0. The molecule has 0 unspecified atom stereocenters. The zero-order valence-electron chi connectivity index (χ0n) is 13.1. The van der Waals surface area contributed by atoms with Crippen LogP contribution in [0.2, 0.25) is 0 Å². The maximum atomic E-state index is 12.2. The van der Waals surface area contributed by atoms with Gasteiger partial charge in [-0.25, -0.2) is 4.79 Å². The third-order valence-corrected chi connectivity index (χ3v) is 3.96. The van der Waals surface area contributed by atoms with Gasteiger partial charge in [-0.3, -0.25) is 14.3 Å². The number of hydrogen-bond donors (Lipinski definition) is 2. The van der Waals surface area contributed by atoms with Gasteiger partial charge in [-0.1, -0.05) is 18.2 Å². The minimum atomic E-state index is -0.181. The van der Waals surface area contributed by atoms with Crippen molar-refractivity contribution in [3.8, 4) is 0 Å². The van der Waals surface area contributed by atoms with Crippen LogP contribution in [0.5, 0.6) is 0 Å². The third kappa shape index (κ3) is 3.01. The number of fused-ring (bicyclic) bond motifs is 1. The summed E-state index contributed by atoms with van der Waals surface area (Å²) in [6, 6.07) is 9.46. The predicted molar refractivity (Wildman–Crippen MR) is 89.5 cm³/mol. The second-order valence-corrected chi connectivity index (χ2v) is 5.47. The molecule has 0 saturated heterocycles. The van der Waals surface area contributed by atoms with Gasteiger partial charge < -0.3 is 10.3 Å². The highest BCUT2D eigenvalue weighted by Crippen LogP contribution is 2.20. The van der Waals surface area contributed by atoms with E-state index in [9.17, 15) is 9.59 Å². The summed E-state index contributed by atoms with van der Waals surface area (Å²) in [6.45, 7) is 4.05. The minimum Gasteiger partial charge on any atom is -0.324 e.